The molecule has 0 bridgehead atoms. The highest BCUT2D eigenvalue weighted by molar-refractivity contribution is 7.93. The van der Waals surface area contributed by atoms with Crippen molar-refractivity contribution in [3.8, 4) is 0 Å². The second-order valence-corrected chi connectivity index (χ2v) is 7.95. The van der Waals surface area contributed by atoms with E-state index >= 15 is 0 Å². The van der Waals surface area contributed by atoms with Crippen molar-refractivity contribution in [1.82, 2.24) is 14.8 Å². The number of fused-ring (bicyclic) bond motifs is 1. The Bertz CT molecular complexity index is 1060. The van der Waals surface area contributed by atoms with Crippen LogP contribution in [0.3, 0.4) is 0 Å². The summed E-state index contributed by atoms with van der Waals surface area (Å²) in [5.74, 6) is -0.111. The van der Waals surface area contributed by atoms with Crippen LogP contribution < -0.4 is 4.72 Å². The van der Waals surface area contributed by atoms with E-state index in [1.54, 1.807) is 24.3 Å². The molecule has 2 heterocycles. The van der Waals surface area contributed by atoms with Gasteiger partial charge in [-0.2, -0.15) is 18.3 Å². The fraction of sp³-hybridized carbons (Fsp3) is 0.312. The van der Waals surface area contributed by atoms with Crippen LogP contribution in [-0.2, 0) is 16.6 Å². The van der Waals surface area contributed by atoms with Gasteiger partial charge < -0.3 is 4.98 Å². The number of H-pyrrole nitrogens is 1. The standard InChI is InChI=1S/C16H15F3N4O2S/c17-16(18,19)9-23-15(10-5-6-10)13(7-21-23)22-26(24,25)14-8-20-12-4-2-1-3-11(12)14/h1-4,7-8,10,20,22H,5-6,9H2. The van der Waals surface area contributed by atoms with Crippen LogP contribution in [-0.4, -0.2) is 29.4 Å². The van der Waals surface area contributed by atoms with E-state index in [4.69, 9.17) is 0 Å². The van der Waals surface area contributed by atoms with Crippen molar-refractivity contribution in [3.05, 3.63) is 42.4 Å². The Morgan fingerprint density at radius 2 is 2.00 bits per heavy atom. The maximum absolute atomic E-state index is 12.8. The summed E-state index contributed by atoms with van der Waals surface area (Å²) in [6.07, 6.45) is -0.491. The number of benzene rings is 1. The maximum Gasteiger partial charge on any atom is 0.408 e. The number of nitrogens with zero attached hydrogens (tertiary/aromatic N) is 2. The van der Waals surface area contributed by atoms with Gasteiger partial charge in [0.2, 0.25) is 0 Å². The van der Waals surface area contributed by atoms with Crippen LogP contribution in [0.25, 0.3) is 10.9 Å². The number of para-hydroxylation sites is 1. The molecule has 138 valence electrons. The van der Waals surface area contributed by atoms with Crippen molar-refractivity contribution in [1.29, 1.82) is 0 Å². The molecule has 0 spiro atoms. The van der Waals surface area contributed by atoms with Gasteiger partial charge >= 0.3 is 6.18 Å². The summed E-state index contributed by atoms with van der Waals surface area (Å²) in [5.41, 5.74) is 1.04. The van der Waals surface area contributed by atoms with E-state index in [-0.39, 0.29) is 22.2 Å². The number of aromatic amines is 1. The van der Waals surface area contributed by atoms with Gasteiger partial charge in [-0.05, 0) is 18.9 Å². The van der Waals surface area contributed by atoms with Crippen molar-refractivity contribution < 1.29 is 21.6 Å². The summed E-state index contributed by atoms with van der Waals surface area (Å²) in [5, 5.41) is 4.26. The SMILES string of the molecule is O=S(=O)(Nc1cnn(CC(F)(F)F)c1C1CC1)c1c[nH]c2ccccc12. The maximum atomic E-state index is 12.8. The lowest BCUT2D eigenvalue weighted by Crippen LogP contribution is -2.21. The Morgan fingerprint density at radius 1 is 1.27 bits per heavy atom. The minimum atomic E-state index is -4.43. The zero-order valence-corrected chi connectivity index (χ0v) is 14.2. The van der Waals surface area contributed by atoms with Crippen LogP contribution in [0.1, 0.15) is 24.5 Å². The smallest absolute Gasteiger partial charge is 0.360 e. The Labute approximate surface area is 147 Å². The van der Waals surface area contributed by atoms with E-state index in [2.05, 4.69) is 14.8 Å². The van der Waals surface area contributed by atoms with Gasteiger partial charge in [0.25, 0.3) is 10.0 Å². The van der Waals surface area contributed by atoms with Crippen LogP contribution in [0, 0.1) is 0 Å². The summed E-state index contributed by atoms with van der Waals surface area (Å²) >= 11 is 0. The summed E-state index contributed by atoms with van der Waals surface area (Å²) < 4.78 is 67.0. The van der Waals surface area contributed by atoms with Crippen molar-refractivity contribution in [2.24, 2.45) is 0 Å². The first kappa shape index (κ1) is 17.0. The number of halogens is 3. The highest BCUT2D eigenvalue weighted by Crippen LogP contribution is 2.44. The van der Waals surface area contributed by atoms with E-state index < -0.39 is 22.7 Å². The molecule has 2 N–H and O–H groups in total. The Balaban J connectivity index is 1.70. The summed E-state index contributed by atoms with van der Waals surface area (Å²) in [6, 6.07) is 6.89. The van der Waals surface area contributed by atoms with E-state index in [0.29, 0.717) is 23.7 Å². The van der Waals surface area contributed by atoms with Gasteiger partial charge in [0.1, 0.15) is 11.4 Å². The van der Waals surface area contributed by atoms with Gasteiger partial charge in [0, 0.05) is 23.0 Å². The monoisotopic (exact) mass is 384 g/mol. The molecule has 1 aromatic carbocycles. The van der Waals surface area contributed by atoms with Gasteiger partial charge in [-0.25, -0.2) is 8.42 Å². The highest BCUT2D eigenvalue weighted by Gasteiger charge is 2.36. The molecule has 0 unspecified atom stereocenters. The van der Waals surface area contributed by atoms with Crippen LogP contribution in [0.4, 0.5) is 18.9 Å². The predicted octanol–water partition coefficient (Wildman–Crippen LogP) is 3.60. The third kappa shape index (κ3) is 3.16. The fourth-order valence-electron chi connectivity index (χ4n) is 3.02. The lowest BCUT2D eigenvalue weighted by Gasteiger charge is -2.12. The van der Waals surface area contributed by atoms with Gasteiger partial charge in [-0.3, -0.25) is 9.40 Å². The number of alkyl halides is 3. The Kier molecular flexibility index (Phi) is 3.76. The lowest BCUT2D eigenvalue weighted by atomic mass is 10.2. The summed E-state index contributed by atoms with van der Waals surface area (Å²) in [4.78, 5) is 2.92. The minimum absolute atomic E-state index is 0.0402. The third-order valence-corrected chi connectivity index (χ3v) is 5.66. The normalized spacial score (nSPS) is 15.5. The van der Waals surface area contributed by atoms with E-state index in [0.717, 1.165) is 10.9 Å². The zero-order chi connectivity index (χ0) is 18.5. The highest BCUT2D eigenvalue weighted by atomic mass is 32.2. The molecule has 1 saturated carbocycles. The fourth-order valence-corrected chi connectivity index (χ4v) is 4.26. The van der Waals surface area contributed by atoms with Crippen molar-refractivity contribution >= 4 is 26.6 Å². The van der Waals surface area contributed by atoms with Gasteiger partial charge in [0.15, 0.2) is 0 Å². The molecule has 0 amide bonds. The van der Waals surface area contributed by atoms with Gasteiger partial charge in [-0.1, -0.05) is 18.2 Å². The summed E-state index contributed by atoms with van der Waals surface area (Å²) in [6.45, 7) is -1.24. The molecule has 0 atom stereocenters. The quantitative estimate of drug-likeness (QED) is 0.705. The third-order valence-electron chi connectivity index (χ3n) is 4.26. The van der Waals surface area contributed by atoms with E-state index in [9.17, 15) is 21.6 Å². The van der Waals surface area contributed by atoms with Crippen LogP contribution in [0.15, 0.2) is 41.6 Å². The Hall–Kier alpha value is -2.49. The molecule has 0 saturated heterocycles. The number of nitrogens with one attached hydrogen (secondary N) is 2. The average Bonchev–Trinajstić information content (AvgIpc) is 3.16. The molecule has 3 aromatic rings. The molecule has 0 radical (unpaired) electrons. The first-order chi connectivity index (χ1) is 12.2. The number of hydrogen-bond donors (Lipinski definition) is 2. The molecule has 6 nitrogen and oxygen atoms in total. The first-order valence-electron chi connectivity index (χ1n) is 7.96. The number of aromatic nitrogens is 3. The molecule has 0 aliphatic heterocycles. The molecule has 4 rings (SSSR count). The number of anilines is 1. The first-order valence-corrected chi connectivity index (χ1v) is 9.44. The second kappa shape index (κ2) is 5.76. The topological polar surface area (TPSA) is 79.8 Å². The van der Waals surface area contributed by atoms with Gasteiger partial charge in [0.05, 0.1) is 17.6 Å². The lowest BCUT2D eigenvalue weighted by molar-refractivity contribution is -0.143. The molecular formula is C16H15F3N4O2S. The van der Waals surface area contributed by atoms with E-state index in [1.807, 2.05) is 0 Å². The van der Waals surface area contributed by atoms with Crippen LogP contribution in [0.5, 0.6) is 0 Å². The molecule has 1 aliphatic rings. The van der Waals surface area contributed by atoms with E-state index in [1.165, 1.54) is 6.20 Å². The number of hydrogen-bond acceptors (Lipinski definition) is 3. The molecule has 10 heteroatoms. The van der Waals surface area contributed by atoms with Crippen LogP contribution in [0.2, 0.25) is 0 Å². The predicted molar refractivity (Wildman–Crippen MR) is 89.4 cm³/mol. The number of sulfonamides is 1. The van der Waals surface area contributed by atoms with Crippen LogP contribution >= 0.6 is 0 Å². The zero-order valence-electron chi connectivity index (χ0n) is 13.4. The summed E-state index contributed by atoms with van der Waals surface area (Å²) in [7, 11) is -3.97. The molecule has 2 aromatic heterocycles. The molecular weight excluding hydrogens is 369 g/mol. The van der Waals surface area contributed by atoms with Crippen molar-refractivity contribution in [2.75, 3.05) is 4.72 Å². The second-order valence-electron chi connectivity index (χ2n) is 6.29. The average molecular weight is 384 g/mol. The Morgan fingerprint density at radius 3 is 2.69 bits per heavy atom. The number of rotatable bonds is 5. The molecule has 26 heavy (non-hydrogen) atoms. The minimum Gasteiger partial charge on any atom is -0.360 e. The van der Waals surface area contributed by atoms with Crippen molar-refractivity contribution in [3.63, 3.8) is 0 Å². The molecule has 1 fully saturated rings. The molecule has 1 aliphatic carbocycles. The van der Waals surface area contributed by atoms with Gasteiger partial charge in [-0.15, -0.1) is 0 Å². The van der Waals surface area contributed by atoms with Crippen molar-refractivity contribution in [2.45, 2.75) is 36.4 Å². The largest absolute Gasteiger partial charge is 0.408 e.